The predicted octanol–water partition coefficient (Wildman–Crippen LogP) is 4.82. The van der Waals surface area contributed by atoms with Crippen molar-refractivity contribution in [3.8, 4) is 0 Å². The number of hydrogen-bond acceptors (Lipinski definition) is 1. The van der Waals surface area contributed by atoms with Crippen molar-refractivity contribution in [2.24, 2.45) is 0 Å². The van der Waals surface area contributed by atoms with Crippen LogP contribution < -0.4 is 0 Å². The van der Waals surface area contributed by atoms with E-state index in [-0.39, 0.29) is 0 Å². The second kappa shape index (κ2) is 7.41. The Bertz CT molecular complexity index is 390. The van der Waals surface area contributed by atoms with E-state index in [1.54, 1.807) is 0 Å². The summed E-state index contributed by atoms with van der Waals surface area (Å²) in [6.07, 6.45) is 0. The summed E-state index contributed by atoms with van der Waals surface area (Å²) in [7, 11) is 0. The van der Waals surface area contributed by atoms with E-state index >= 15 is 0 Å². The Balaban J connectivity index is 0.000000442. The number of aromatic amines is 1. The van der Waals surface area contributed by atoms with Crippen LogP contribution in [0, 0.1) is 6.92 Å². The zero-order valence-corrected chi connectivity index (χ0v) is 11.2. The van der Waals surface area contributed by atoms with Gasteiger partial charge in [0.05, 0.1) is 5.52 Å². The lowest BCUT2D eigenvalue weighted by Gasteiger charge is -1.91. The second-order valence-corrected chi connectivity index (χ2v) is 3.18. The molecule has 84 valence electrons. The summed E-state index contributed by atoms with van der Waals surface area (Å²) in [5, 5.41) is 1.23. The normalized spacial score (nSPS) is 8.67. The Kier molecular flexibility index (Phi) is 6.97. The van der Waals surface area contributed by atoms with Crippen molar-refractivity contribution in [2.45, 2.75) is 39.5 Å². The summed E-state index contributed by atoms with van der Waals surface area (Å²) >= 11 is 4.33. The summed E-state index contributed by atoms with van der Waals surface area (Å²) in [4.78, 5) is 4.26. The van der Waals surface area contributed by atoms with Gasteiger partial charge in [-0.3, -0.25) is 0 Å². The number of fused-ring (bicyclic) bond motifs is 1. The third-order valence-electron chi connectivity index (χ3n) is 1.77. The number of H-pyrrole nitrogens is 1. The number of aryl methyl sites for hydroxylation is 1. The molecule has 0 amide bonds. The lowest BCUT2D eigenvalue weighted by Crippen LogP contribution is -1.70. The minimum Gasteiger partial charge on any atom is -0.358 e. The molecule has 2 heteroatoms. The molecule has 2 rings (SSSR count). The highest BCUT2D eigenvalue weighted by molar-refractivity contribution is 7.80. The number of benzene rings is 1. The molecule has 1 nitrogen and oxygen atoms in total. The number of rotatable bonds is 0. The van der Waals surface area contributed by atoms with Gasteiger partial charge >= 0.3 is 0 Å². The van der Waals surface area contributed by atoms with Gasteiger partial charge < -0.3 is 4.98 Å². The third-order valence-corrected chi connectivity index (χ3v) is 2.14. The summed E-state index contributed by atoms with van der Waals surface area (Å²) < 4.78 is 0. The van der Waals surface area contributed by atoms with E-state index in [9.17, 15) is 0 Å². The fourth-order valence-corrected chi connectivity index (χ4v) is 1.55. The molecule has 15 heavy (non-hydrogen) atoms. The molecular formula is C13H21NS. The summed E-state index contributed by atoms with van der Waals surface area (Å²) in [6, 6.07) is 8.20. The first kappa shape index (κ1) is 14.1. The van der Waals surface area contributed by atoms with Crippen LogP contribution >= 0.6 is 12.6 Å². The van der Waals surface area contributed by atoms with Gasteiger partial charge in [-0.05, 0) is 19.1 Å². The highest BCUT2D eigenvalue weighted by Crippen LogP contribution is 2.21. The average Bonchev–Trinajstić information content (AvgIpc) is 2.66. The van der Waals surface area contributed by atoms with Gasteiger partial charge in [0.2, 0.25) is 0 Å². The largest absolute Gasteiger partial charge is 0.358 e. The van der Waals surface area contributed by atoms with E-state index in [2.05, 4.69) is 29.7 Å². The third kappa shape index (κ3) is 3.63. The monoisotopic (exact) mass is 223 g/mol. The van der Waals surface area contributed by atoms with E-state index in [1.165, 1.54) is 11.1 Å². The zero-order chi connectivity index (χ0) is 11.8. The van der Waals surface area contributed by atoms with E-state index < -0.39 is 0 Å². The molecule has 0 bridgehead atoms. The SMILES string of the molecule is CC.CC.Cc1cc2cccc(S)c2[nH]1. The topological polar surface area (TPSA) is 15.8 Å². The minimum absolute atomic E-state index is 1.01. The number of thiol groups is 1. The summed E-state index contributed by atoms with van der Waals surface area (Å²) in [5.74, 6) is 0. The number of para-hydroxylation sites is 1. The first-order valence-electron chi connectivity index (χ1n) is 5.54. The van der Waals surface area contributed by atoms with E-state index in [0.717, 1.165) is 10.4 Å². The first-order valence-corrected chi connectivity index (χ1v) is 5.99. The maximum atomic E-state index is 4.33. The predicted molar refractivity (Wildman–Crippen MR) is 73.0 cm³/mol. The lowest BCUT2D eigenvalue weighted by atomic mass is 10.2. The molecule has 0 atom stereocenters. The van der Waals surface area contributed by atoms with Crippen LogP contribution in [0.15, 0.2) is 29.2 Å². The number of aromatic nitrogens is 1. The van der Waals surface area contributed by atoms with Gasteiger partial charge in [-0.15, -0.1) is 12.6 Å². The van der Waals surface area contributed by atoms with Crippen LogP contribution in [0.4, 0.5) is 0 Å². The highest BCUT2D eigenvalue weighted by atomic mass is 32.1. The average molecular weight is 223 g/mol. The number of nitrogens with one attached hydrogen (secondary N) is 1. The molecule has 0 aliphatic carbocycles. The lowest BCUT2D eigenvalue weighted by molar-refractivity contribution is 1.28. The first-order chi connectivity index (χ1) is 7.27. The van der Waals surface area contributed by atoms with Gasteiger partial charge in [0.1, 0.15) is 0 Å². The van der Waals surface area contributed by atoms with Crippen molar-refractivity contribution in [1.29, 1.82) is 0 Å². The van der Waals surface area contributed by atoms with Crippen LogP contribution in [0.25, 0.3) is 10.9 Å². The van der Waals surface area contributed by atoms with Gasteiger partial charge in [-0.25, -0.2) is 0 Å². The Morgan fingerprint density at radius 3 is 2.20 bits per heavy atom. The van der Waals surface area contributed by atoms with E-state index in [4.69, 9.17) is 0 Å². The van der Waals surface area contributed by atoms with Crippen molar-refractivity contribution in [3.05, 3.63) is 30.0 Å². The molecule has 1 heterocycles. The quantitative estimate of drug-likeness (QED) is 0.596. The molecule has 0 aliphatic heterocycles. The van der Waals surface area contributed by atoms with Crippen LogP contribution in [-0.4, -0.2) is 4.98 Å². The summed E-state index contributed by atoms with van der Waals surface area (Å²) in [5.41, 5.74) is 2.31. The zero-order valence-electron chi connectivity index (χ0n) is 10.3. The highest BCUT2D eigenvalue weighted by Gasteiger charge is 1.98. The molecule has 0 aliphatic rings. The van der Waals surface area contributed by atoms with Crippen LogP contribution in [0.5, 0.6) is 0 Å². The molecule has 1 N–H and O–H groups in total. The Labute approximate surface area is 98.3 Å². The molecule has 2 aromatic rings. The van der Waals surface area contributed by atoms with Gasteiger partial charge in [-0.2, -0.15) is 0 Å². The van der Waals surface area contributed by atoms with Crippen LogP contribution in [0.1, 0.15) is 33.4 Å². The van der Waals surface area contributed by atoms with Crippen molar-refractivity contribution < 1.29 is 0 Å². The maximum Gasteiger partial charge on any atom is 0.0591 e. The minimum atomic E-state index is 1.01. The smallest absolute Gasteiger partial charge is 0.0591 e. The molecule has 0 spiro atoms. The Hall–Kier alpha value is -0.890. The second-order valence-electron chi connectivity index (χ2n) is 2.69. The Morgan fingerprint density at radius 2 is 1.67 bits per heavy atom. The fraction of sp³-hybridized carbons (Fsp3) is 0.385. The standard InChI is InChI=1S/C9H9NS.2C2H6/c1-6-5-7-3-2-4-8(11)9(7)10-6;2*1-2/h2-5,10-11H,1H3;2*1-2H3. The molecule has 0 saturated heterocycles. The molecule has 0 fully saturated rings. The van der Waals surface area contributed by atoms with Crippen molar-refractivity contribution >= 4 is 23.5 Å². The van der Waals surface area contributed by atoms with E-state index in [0.29, 0.717) is 0 Å². The van der Waals surface area contributed by atoms with Gasteiger partial charge in [-0.1, -0.05) is 39.8 Å². The van der Waals surface area contributed by atoms with Crippen LogP contribution in [-0.2, 0) is 0 Å². The van der Waals surface area contributed by atoms with E-state index in [1.807, 2.05) is 46.8 Å². The van der Waals surface area contributed by atoms with Gasteiger partial charge in [0.15, 0.2) is 0 Å². The van der Waals surface area contributed by atoms with Crippen LogP contribution in [0.3, 0.4) is 0 Å². The maximum absolute atomic E-state index is 4.33. The molecule has 1 aromatic carbocycles. The van der Waals surface area contributed by atoms with Crippen molar-refractivity contribution in [3.63, 3.8) is 0 Å². The van der Waals surface area contributed by atoms with Gasteiger partial charge in [0.25, 0.3) is 0 Å². The summed E-state index contributed by atoms with van der Waals surface area (Å²) in [6.45, 7) is 10.0. The van der Waals surface area contributed by atoms with Crippen molar-refractivity contribution in [1.82, 2.24) is 4.98 Å². The molecule has 0 unspecified atom stereocenters. The fourth-order valence-electron chi connectivity index (χ4n) is 1.28. The van der Waals surface area contributed by atoms with Crippen molar-refractivity contribution in [2.75, 3.05) is 0 Å². The molecule has 0 radical (unpaired) electrons. The molecule has 0 saturated carbocycles. The molecule has 1 aromatic heterocycles. The Morgan fingerprint density at radius 1 is 1.07 bits per heavy atom. The number of hydrogen-bond donors (Lipinski definition) is 2. The molecular weight excluding hydrogens is 202 g/mol. The van der Waals surface area contributed by atoms with Gasteiger partial charge in [0, 0.05) is 16.0 Å². The van der Waals surface area contributed by atoms with Crippen LogP contribution in [0.2, 0.25) is 0 Å².